The number of ether oxygens (including phenoxy) is 1. The Kier molecular flexibility index (Phi) is 7.25. The molecular weight excluding hydrogens is 316 g/mol. The molecule has 2 rings (SSSR count). The maximum atomic E-state index is 10.8. The normalized spacial score (nSPS) is 10.9. The molecular formula is C17H18O7. The van der Waals surface area contributed by atoms with Crippen LogP contribution in [0.15, 0.2) is 48.5 Å². The number of phenolic OH excluding ortho intramolecular Hbond substituents is 2. The Morgan fingerprint density at radius 1 is 0.958 bits per heavy atom. The Balaban J connectivity index is 0.000000240. The summed E-state index contributed by atoms with van der Waals surface area (Å²) in [6, 6.07) is 11.4. The molecule has 0 aliphatic rings. The van der Waals surface area contributed by atoms with Crippen LogP contribution >= 0.6 is 0 Å². The molecule has 2 aromatic rings. The van der Waals surface area contributed by atoms with Gasteiger partial charge < -0.3 is 25.2 Å². The first-order valence-corrected chi connectivity index (χ1v) is 7.03. The number of hydrogen-bond acceptors (Lipinski definition) is 6. The van der Waals surface area contributed by atoms with Crippen LogP contribution in [0.1, 0.15) is 25.0 Å². The van der Waals surface area contributed by atoms with Crippen LogP contribution in [0.5, 0.6) is 17.2 Å². The lowest BCUT2D eigenvalue weighted by Crippen LogP contribution is -2.09. The van der Waals surface area contributed by atoms with E-state index in [-0.39, 0.29) is 23.0 Å². The summed E-state index contributed by atoms with van der Waals surface area (Å²) in [6.45, 7) is 1.72. The van der Waals surface area contributed by atoms with Gasteiger partial charge >= 0.3 is 11.9 Å². The number of carboxylic acids is 1. The van der Waals surface area contributed by atoms with Crippen LogP contribution in [-0.2, 0) is 9.59 Å². The van der Waals surface area contributed by atoms with Crippen molar-refractivity contribution >= 4 is 11.9 Å². The first kappa shape index (κ1) is 19.0. The number of aliphatic carboxylic acids is 1. The smallest absolute Gasteiger partial charge is 0.337 e. The molecule has 4 N–H and O–H groups in total. The average Bonchev–Trinajstić information content (AvgIpc) is 2.57. The molecule has 7 nitrogen and oxygen atoms in total. The number of carboxylic acid groups (broad SMARTS) is 1. The lowest BCUT2D eigenvalue weighted by Gasteiger charge is -2.04. The van der Waals surface area contributed by atoms with Gasteiger partial charge in [-0.05, 0) is 42.0 Å². The van der Waals surface area contributed by atoms with Crippen LogP contribution in [0.3, 0.4) is 0 Å². The molecule has 0 heterocycles. The van der Waals surface area contributed by atoms with Crippen LogP contribution in [-0.4, -0.2) is 32.4 Å². The molecule has 128 valence electrons. The second-order valence-electron chi connectivity index (χ2n) is 4.65. The molecule has 2 aromatic carbocycles. The summed E-state index contributed by atoms with van der Waals surface area (Å²) in [4.78, 5) is 21.1. The van der Waals surface area contributed by atoms with Crippen molar-refractivity contribution in [2.24, 2.45) is 0 Å². The standard InChI is InChI=1S/C9H10O3.C8H8O4/c1-2-9(11)12-8-5-3-7(10)4-6-8;9-6-3-1-5(2-4-6)7(10)8(11)12/h3-6,10H,2H2,1H3;1-4,7,9-10H,(H,11,12). The number of aromatic hydroxyl groups is 2. The number of carbonyl (C=O) groups is 2. The van der Waals surface area contributed by atoms with Crippen LogP contribution in [0, 0.1) is 0 Å². The van der Waals surface area contributed by atoms with E-state index >= 15 is 0 Å². The Labute approximate surface area is 138 Å². The summed E-state index contributed by atoms with van der Waals surface area (Å²) in [6.07, 6.45) is -1.17. The fourth-order valence-electron chi connectivity index (χ4n) is 1.52. The number of phenols is 2. The highest BCUT2D eigenvalue weighted by atomic mass is 16.5. The number of aliphatic hydroxyl groups excluding tert-OH is 1. The van der Waals surface area contributed by atoms with Gasteiger partial charge in [-0.15, -0.1) is 0 Å². The number of rotatable bonds is 4. The molecule has 0 aliphatic heterocycles. The third-order valence-electron chi connectivity index (χ3n) is 2.80. The van der Waals surface area contributed by atoms with E-state index in [0.717, 1.165) is 0 Å². The topological polar surface area (TPSA) is 124 Å². The van der Waals surface area contributed by atoms with Gasteiger partial charge in [0.05, 0.1) is 0 Å². The average molecular weight is 334 g/mol. The van der Waals surface area contributed by atoms with E-state index in [0.29, 0.717) is 12.2 Å². The number of hydrogen-bond donors (Lipinski definition) is 4. The van der Waals surface area contributed by atoms with Gasteiger partial charge in [0.2, 0.25) is 0 Å². The molecule has 0 radical (unpaired) electrons. The highest BCUT2D eigenvalue weighted by Crippen LogP contribution is 2.17. The zero-order valence-electron chi connectivity index (χ0n) is 12.9. The van der Waals surface area contributed by atoms with Crippen molar-refractivity contribution in [1.82, 2.24) is 0 Å². The monoisotopic (exact) mass is 334 g/mol. The fourth-order valence-corrected chi connectivity index (χ4v) is 1.52. The Morgan fingerprint density at radius 3 is 1.83 bits per heavy atom. The minimum atomic E-state index is -1.52. The van der Waals surface area contributed by atoms with Gasteiger partial charge in [-0.2, -0.15) is 0 Å². The van der Waals surface area contributed by atoms with Gasteiger partial charge in [0.25, 0.3) is 0 Å². The van der Waals surface area contributed by atoms with Crippen molar-refractivity contribution in [1.29, 1.82) is 0 Å². The quantitative estimate of drug-likeness (QED) is 0.499. The van der Waals surface area contributed by atoms with Gasteiger partial charge in [-0.1, -0.05) is 19.1 Å². The molecule has 0 bridgehead atoms. The van der Waals surface area contributed by atoms with E-state index < -0.39 is 12.1 Å². The molecule has 0 aliphatic carbocycles. The molecule has 0 fully saturated rings. The van der Waals surface area contributed by atoms with E-state index in [2.05, 4.69) is 0 Å². The summed E-state index contributed by atoms with van der Waals surface area (Å²) in [5.74, 6) is -0.927. The molecule has 0 saturated carbocycles. The highest BCUT2D eigenvalue weighted by molar-refractivity contribution is 5.74. The molecule has 24 heavy (non-hydrogen) atoms. The maximum Gasteiger partial charge on any atom is 0.337 e. The third-order valence-corrected chi connectivity index (χ3v) is 2.80. The molecule has 1 unspecified atom stereocenters. The molecule has 1 atom stereocenters. The number of benzene rings is 2. The van der Waals surface area contributed by atoms with Crippen LogP contribution in [0.4, 0.5) is 0 Å². The Bertz CT molecular complexity index is 660. The lowest BCUT2D eigenvalue weighted by atomic mass is 10.1. The molecule has 0 spiro atoms. The summed E-state index contributed by atoms with van der Waals surface area (Å²) in [5, 5.41) is 35.2. The van der Waals surface area contributed by atoms with Crippen molar-refractivity contribution in [2.75, 3.05) is 0 Å². The lowest BCUT2D eigenvalue weighted by molar-refractivity contribution is -0.147. The van der Waals surface area contributed by atoms with E-state index in [1.807, 2.05) is 0 Å². The summed E-state index contributed by atoms with van der Waals surface area (Å²) in [5.41, 5.74) is 0.250. The van der Waals surface area contributed by atoms with Crippen molar-refractivity contribution in [3.05, 3.63) is 54.1 Å². The first-order chi connectivity index (χ1) is 11.3. The maximum absolute atomic E-state index is 10.8. The number of esters is 1. The highest BCUT2D eigenvalue weighted by Gasteiger charge is 2.14. The van der Waals surface area contributed by atoms with Crippen molar-refractivity contribution < 1.29 is 34.8 Å². The van der Waals surface area contributed by atoms with Gasteiger partial charge in [0, 0.05) is 6.42 Å². The van der Waals surface area contributed by atoms with Crippen molar-refractivity contribution in [3.8, 4) is 17.2 Å². The third kappa shape index (κ3) is 6.37. The number of carbonyl (C=O) groups excluding carboxylic acids is 1. The van der Waals surface area contributed by atoms with E-state index in [1.54, 1.807) is 19.1 Å². The molecule has 0 amide bonds. The summed E-state index contributed by atoms with van der Waals surface area (Å²) in [7, 11) is 0. The van der Waals surface area contributed by atoms with Crippen LogP contribution < -0.4 is 4.74 Å². The molecule has 7 heteroatoms. The zero-order chi connectivity index (χ0) is 18.1. The summed E-state index contributed by atoms with van der Waals surface area (Å²) >= 11 is 0. The first-order valence-electron chi connectivity index (χ1n) is 7.03. The molecule has 0 aromatic heterocycles. The SMILES string of the molecule is CCC(=O)Oc1ccc(O)cc1.O=C(O)C(O)c1ccc(O)cc1. The minimum absolute atomic E-state index is 0.0383. The van der Waals surface area contributed by atoms with Gasteiger partial charge in [-0.3, -0.25) is 4.79 Å². The van der Waals surface area contributed by atoms with Gasteiger partial charge in [-0.25, -0.2) is 4.79 Å². The minimum Gasteiger partial charge on any atom is -0.508 e. The molecule has 0 saturated heterocycles. The predicted octanol–water partition coefficient (Wildman–Crippen LogP) is 2.22. The van der Waals surface area contributed by atoms with E-state index in [9.17, 15) is 9.59 Å². The number of aliphatic hydroxyl groups is 1. The second kappa shape index (κ2) is 9.16. The second-order valence-corrected chi connectivity index (χ2v) is 4.65. The Morgan fingerprint density at radius 2 is 1.42 bits per heavy atom. The van der Waals surface area contributed by atoms with E-state index in [4.69, 9.17) is 25.2 Å². The Hall–Kier alpha value is -3.06. The van der Waals surface area contributed by atoms with Crippen LogP contribution in [0.25, 0.3) is 0 Å². The van der Waals surface area contributed by atoms with E-state index in [1.165, 1.54) is 36.4 Å². The largest absolute Gasteiger partial charge is 0.508 e. The van der Waals surface area contributed by atoms with Crippen molar-refractivity contribution in [3.63, 3.8) is 0 Å². The van der Waals surface area contributed by atoms with Gasteiger partial charge in [0.15, 0.2) is 6.10 Å². The van der Waals surface area contributed by atoms with Crippen LogP contribution in [0.2, 0.25) is 0 Å². The zero-order valence-corrected chi connectivity index (χ0v) is 12.9. The summed E-state index contributed by atoms with van der Waals surface area (Å²) < 4.78 is 4.87. The predicted molar refractivity (Wildman–Crippen MR) is 84.7 cm³/mol. The van der Waals surface area contributed by atoms with Crippen molar-refractivity contribution in [2.45, 2.75) is 19.4 Å². The van der Waals surface area contributed by atoms with Gasteiger partial charge in [0.1, 0.15) is 17.2 Å². The fraction of sp³-hybridized carbons (Fsp3) is 0.176.